The number of rotatable bonds is 0. The van der Waals surface area contributed by atoms with Crippen molar-refractivity contribution < 1.29 is 0 Å². The maximum Gasteiger partial charge on any atom is -0.00881 e. The summed E-state index contributed by atoms with van der Waals surface area (Å²) in [4.78, 5) is 0. The molecule has 21 heavy (non-hydrogen) atoms. The van der Waals surface area contributed by atoms with Crippen LogP contribution in [0.4, 0.5) is 0 Å². The van der Waals surface area contributed by atoms with E-state index in [4.69, 9.17) is 0 Å². The van der Waals surface area contributed by atoms with Crippen molar-refractivity contribution in [2.75, 3.05) is 0 Å². The average molecular weight is 272 g/mol. The normalized spacial score (nSPS) is 11.9. The summed E-state index contributed by atoms with van der Waals surface area (Å²) >= 11 is 0. The van der Waals surface area contributed by atoms with Gasteiger partial charge in [-0.3, -0.25) is 0 Å². The molecule has 0 aliphatic heterocycles. The van der Waals surface area contributed by atoms with Gasteiger partial charge in [-0.05, 0) is 53.3 Å². The lowest BCUT2D eigenvalue weighted by Gasteiger charge is -2.00. The highest BCUT2D eigenvalue weighted by Gasteiger charge is 2.04. The van der Waals surface area contributed by atoms with Crippen LogP contribution in [-0.2, 0) is 6.42 Å². The monoisotopic (exact) mass is 272 g/mol. The van der Waals surface area contributed by atoms with Crippen LogP contribution in [0.3, 0.4) is 0 Å². The first kappa shape index (κ1) is 13.6. The van der Waals surface area contributed by atoms with E-state index >= 15 is 0 Å². The predicted octanol–water partition coefficient (Wildman–Crippen LogP) is 5.71. The summed E-state index contributed by atoms with van der Waals surface area (Å²) in [6.45, 7) is 4.30. The van der Waals surface area contributed by atoms with E-state index in [9.17, 15) is 0 Å². The minimum Gasteiger partial charge on any atom is -0.0795 e. The first-order valence-electron chi connectivity index (χ1n) is 7.45. The molecular formula is C21H20. The van der Waals surface area contributed by atoms with Gasteiger partial charge < -0.3 is 0 Å². The molecule has 0 atom stereocenters. The largest absolute Gasteiger partial charge is 0.0795 e. The lowest BCUT2D eigenvalue weighted by Crippen LogP contribution is -1.83. The van der Waals surface area contributed by atoms with Crippen LogP contribution in [-0.4, -0.2) is 0 Å². The molecule has 3 aromatic rings. The number of hydrogen-bond acceptors (Lipinski definition) is 0. The molecule has 1 aliphatic rings. The van der Waals surface area contributed by atoms with Crippen LogP contribution < -0.4 is 0 Å². The lowest BCUT2D eigenvalue weighted by atomic mass is 10.1. The van der Waals surface area contributed by atoms with Crippen molar-refractivity contribution in [1.82, 2.24) is 0 Å². The zero-order chi connectivity index (χ0) is 14.7. The standard InChI is InChI=1S/C11H10.C10H10/c1-9-5-4-7-10-6-2-3-8-11(9)10;1-8-4-2-5-9-6-3-7-10(8)9/h2-8H,1H3;2-5,7H,6H2,1H3. The van der Waals surface area contributed by atoms with Crippen LogP contribution in [0.25, 0.3) is 16.8 Å². The van der Waals surface area contributed by atoms with Crippen LogP contribution in [0.5, 0.6) is 0 Å². The van der Waals surface area contributed by atoms with E-state index in [1.54, 1.807) is 0 Å². The van der Waals surface area contributed by atoms with Crippen molar-refractivity contribution in [3.63, 3.8) is 0 Å². The minimum absolute atomic E-state index is 1.12. The molecule has 0 heterocycles. The van der Waals surface area contributed by atoms with Crippen molar-refractivity contribution >= 4 is 16.8 Å². The quantitative estimate of drug-likeness (QED) is 0.491. The second-order valence-corrected chi connectivity index (χ2v) is 5.55. The first-order valence-corrected chi connectivity index (χ1v) is 7.45. The molecule has 0 heteroatoms. The Hall–Kier alpha value is -2.34. The number of aryl methyl sites for hydroxylation is 2. The maximum atomic E-state index is 2.22. The molecule has 0 saturated carbocycles. The molecule has 0 aromatic heterocycles. The fourth-order valence-electron chi connectivity index (χ4n) is 2.85. The Morgan fingerprint density at radius 2 is 1.43 bits per heavy atom. The van der Waals surface area contributed by atoms with Crippen molar-refractivity contribution in [2.45, 2.75) is 20.3 Å². The molecule has 0 radical (unpaired) electrons. The molecular weight excluding hydrogens is 252 g/mol. The second-order valence-electron chi connectivity index (χ2n) is 5.55. The van der Waals surface area contributed by atoms with Gasteiger partial charge >= 0.3 is 0 Å². The molecule has 0 bridgehead atoms. The number of fused-ring (bicyclic) bond motifs is 2. The van der Waals surface area contributed by atoms with Gasteiger partial charge in [-0.1, -0.05) is 72.8 Å². The van der Waals surface area contributed by atoms with Gasteiger partial charge in [0.15, 0.2) is 0 Å². The predicted molar refractivity (Wildman–Crippen MR) is 92.6 cm³/mol. The average Bonchev–Trinajstić information content (AvgIpc) is 2.99. The summed E-state index contributed by atoms with van der Waals surface area (Å²) in [7, 11) is 0. The smallest absolute Gasteiger partial charge is 0.00881 e. The van der Waals surface area contributed by atoms with Gasteiger partial charge in [0, 0.05) is 0 Å². The van der Waals surface area contributed by atoms with Crippen molar-refractivity contribution in [2.24, 2.45) is 0 Å². The van der Waals surface area contributed by atoms with Crippen molar-refractivity contribution in [3.8, 4) is 0 Å². The fraction of sp³-hybridized carbons (Fsp3) is 0.143. The van der Waals surface area contributed by atoms with Crippen LogP contribution in [0.2, 0.25) is 0 Å². The highest BCUT2D eigenvalue weighted by atomic mass is 14.1. The molecule has 0 unspecified atom stereocenters. The third-order valence-electron chi connectivity index (χ3n) is 4.04. The molecule has 1 aliphatic carbocycles. The minimum atomic E-state index is 1.12. The van der Waals surface area contributed by atoms with E-state index in [2.05, 4.69) is 86.7 Å². The molecule has 0 saturated heterocycles. The van der Waals surface area contributed by atoms with Gasteiger partial charge in [0.25, 0.3) is 0 Å². The van der Waals surface area contributed by atoms with Gasteiger partial charge in [-0.15, -0.1) is 0 Å². The van der Waals surface area contributed by atoms with Gasteiger partial charge in [-0.25, -0.2) is 0 Å². The molecule has 104 valence electrons. The Bertz CT molecular complexity index is 789. The highest BCUT2D eigenvalue weighted by Crippen LogP contribution is 2.21. The Morgan fingerprint density at radius 3 is 2.24 bits per heavy atom. The zero-order valence-electron chi connectivity index (χ0n) is 12.6. The van der Waals surface area contributed by atoms with Gasteiger partial charge in [-0.2, -0.15) is 0 Å². The van der Waals surface area contributed by atoms with Gasteiger partial charge in [0.1, 0.15) is 0 Å². The van der Waals surface area contributed by atoms with E-state index in [1.165, 1.54) is 33.0 Å². The third-order valence-corrected chi connectivity index (χ3v) is 4.04. The second kappa shape index (κ2) is 5.97. The van der Waals surface area contributed by atoms with E-state index in [0.29, 0.717) is 0 Å². The van der Waals surface area contributed by atoms with E-state index in [-0.39, 0.29) is 0 Å². The van der Waals surface area contributed by atoms with E-state index < -0.39 is 0 Å². The number of hydrogen-bond donors (Lipinski definition) is 0. The van der Waals surface area contributed by atoms with Crippen LogP contribution in [0.1, 0.15) is 22.3 Å². The molecule has 3 aromatic carbocycles. The topological polar surface area (TPSA) is 0 Å². The summed E-state index contributed by atoms with van der Waals surface area (Å²) in [6, 6.07) is 21.3. The SMILES string of the molecule is Cc1cccc2c1C=CC2.Cc1cccc2ccccc12. The van der Waals surface area contributed by atoms with E-state index in [0.717, 1.165) is 6.42 Å². The molecule has 0 nitrogen and oxygen atoms in total. The molecule has 0 fully saturated rings. The zero-order valence-corrected chi connectivity index (χ0v) is 12.6. The highest BCUT2D eigenvalue weighted by molar-refractivity contribution is 5.85. The Labute approximate surface area is 126 Å². The maximum absolute atomic E-state index is 2.22. The Morgan fingerprint density at radius 1 is 0.714 bits per heavy atom. The van der Waals surface area contributed by atoms with Crippen molar-refractivity contribution in [3.05, 3.63) is 89.0 Å². The van der Waals surface area contributed by atoms with E-state index in [1.807, 2.05) is 0 Å². The van der Waals surface area contributed by atoms with Crippen LogP contribution in [0.15, 0.2) is 66.7 Å². The Balaban J connectivity index is 0.000000126. The first-order chi connectivity index (χ1) is 10.3. The van der Waals surface area contributed by atoms with Gasteiger partial charge in [0.2, 0.25) is 0 Å². The van der Waals surface area contributed by atoms with Crippen molar-refractivity contribution in [1.29, 1.82) is 0 Å². The number of benzene rings is 3. The summed E-state index contributed by atoms with van der Waals surface area (Å²) in [6.07, 6.45) is 5.55. The van der Waals surface area contributed by atoms with Gasteiger partial charge in [0.05, 0.1) is 0 Å². The molecule has 4 rings (SSSR count). The molecule has 0 N–H and O–H groups in total. The fourth-order valence-corrected chi connectivity index (χ4v) is 2.85. The lowest BCUT2D eigenvalue weighted by molar-refractivity contribution is 1.28. The number of allylic oxidation sites excluding steroid dienone is 1. The molecule has 0 spiro atoms. The molecule has 0 amide bonds. The van der Waals surface area contributed by atoms with Crippen LogP contribution in [0, 0.1) is 13.8 Å². The summed E-state index contributed by atoms with van der Waals surface area (Å²) in [5, 5.41) is 2.68. The summed E-state index contributed by atoms with van der Waals surface area (Å²) in [5.74, 6) is 0. The summed E-state index contributed by atoms with van der Waals surface area (Å²) < 4.78 is 0. The summed E-state index contributed by atoms with van der Waals surface area (Å²) in [5.41, 5.74) is 5.65. The third kappa shape index (κ3) is 2.90. The Kier molecular flexibility index (Phi) is 3.87. The van der Waals surface area contributed by atoms with Crippen LogP contribution >= 0.6 is 0 Å².